The maximum absolute atomic E-state index is 12.8. The van der Waals surface area contributed by atoms with Gasteiger partial charge in [0.2, 0.25) is 11.9 Å². The molecule has 200 valence electrons. The molecule has 2 fully saturated rings. The van der Waals surface area contributed by atoms with Crippen LogP contribution in [0.25, 0.3) is 5.57 Å². The summed E-state index contributed by atoms with van der Waals surface area (Å²) < 4.78 is 11.5. The smallest absolute Gasteiger partial charge is 0.226 e. The molecular formula is C30H37N5O3. The first-order valence-electron chi connectivity index (χ1n) is 13.9. The molecule has 1 aliphatic carbocycles. The van der Waals surface area contributed by atoms with Gasteiger partial charge in [-0.2, -0.15) is 5.26 Å². The van der Waals surface area contributed by atoms with E-state index in [4.69, 9.17) is 9.47 Å². The lowest BCUT2D eigenvalue weighted by molar-refractivity contribution is -0.139. The number of ether oxygens (including phenoxy) is 2. The van der Waals surface area contributed by atoms with Crippen LogP contribution in [0.15, 0.2) is 36.7 Å². The fraction of sp³-hybridized carbons (Fsp3) is 0.533. The standard InChI is InChI=1S/C30H37N5O3/c1-2-22-19-32-30(33-20-22)35-11-9-23(10-12-35)21-38-28-8-7-26(17-27(28)18-31)24-3-5-25(6-4-24)29(36)34-13-15-37-16-14-34/h3,7-8,17,19-20,23,25H,2,4-6,9-16,21H2,1H3. The van der Waals surface area contributed by atoms with Gasteiger partial charge in [0.15, 0.2) is 0 Å². The molecule has 1 aromatic heterocycles. The van der Waals surface area contributed by atoms with Crippen molar-refractivity contribution in [1.29, 1.82) is 5.26 Å². The molecule has 0 N–H and O–H groups in total. The number of hydrogen-bond acceptors (Lipinski definition) is 7. The number of benzene rings is 1. The number of morpholine rings is 1. The van der Waals surface area contributed by atoms with E-state index in [1.165, 1.54) is 5.57 Å². The first kappa shape index (κ1) is 26.2. The molecule has 1 aromatic carbocycles. The number of aromatic nitrogens is 2. The van der Waals surface area contributed by atoms with Crippen LogP contribution in [0.2, 0.25) is 0 Å². The van der Waals surface area contributed by atoms with Crippen LogP contribution in [0.4, 0.5) is 5.95 Å². The van der Waals surface area contributed by atoms with Crippen LogP contribution in [-0.4, -0.2) is 66.8 Å². The Balaban J connectivity index is 1.13. The first-order chi connectivity index (χ1) is 18.6. The monoisotopic (exact) mass is 515 g/mol. The number of nitrogens with zero attached hydrogens (tertiary/aromatic N) is 5. The van der Waals surface area contributed by atoms with Crippen LogP contribution in [0.1, 0.15) is 55.7 Å². The van der Waals surface area contributed by atoms with Crippen molar-refractivity contribution in [3.05, 3.63) is 53.4 Å². The number of allylic oxidation sites excluding steroid dienone is 2. The van der Waals surface area contributed by atoms with Gasteiger partial charge in [-0.15, -0.1) is 0 Å². The molecule has 0 radical (unpaired) electrons. The maximum atomic E-state index is 12.8. The van der Waals surface area contributed by atoms with E-state index >= 15 is 0 Å². The highest BCUT2D eigenvalue weighted by Gasteiger charge is 2.28. The normalized spacial score (nSPS) is 20.5. The number of rotatable bonds is 7. The van der Waals surface area contributed by atoms with Crippen LogP contribution in [-0.2, 0) is 16.0 Å². The number of aryl methyl sites for hydroxylation is 1. The second-order valence-corrected chi connectivity index (χ2v) is 10.4. The van der Waals surface area contributed by atoms with Crippen LogP contribution < -0.4 is 9.64 Å². The predicted octanol–water partition coefficient (Wildman–Crippen LogP) is 4.25. The molecule has 5 rings (SSSR count). The fourth-order valence-electron chi connectivity index (χ4n) is 5.51. The molecule has 1 amide bonds. The average molecular weight is 516 g/mol. The van der Waals surface area contributed by atoms with E-state index in [1.807, 2.05) is 35.5 Å². The van der Waals surface area contributed by atoms with Crippen LogP contribution in [0.5, 0.6) is 5.75 Å². The Hall–Kier alpha value is -3.44. The number of anilines is 1. The number of nitriles is 1. The largest absolute Gasteiger partial charge is 0.492 e. The predicted molar refractivity (Wildman–Crippen MR) is 146 cm³/mol. The zero-order valence-corrected chi connectivity index (χ0v) is 22.3. The van der Waals surface area contributed by atoms with E-state index in [9.17, 15) is 10.1 Å². The third-order valence-electron chi connectivity index (χ3n) is 8.03. The summed E-state index contributed by atoms with van der Waals surface area (Å²) in [5, 5.41) is 9.80. The number of carbonyl (C=O) groups excluding carboxylic acids is 1. The number of hydrogen-bond donors (Lipinski definition) is 0. The third kappa shape index (κ3) is 6.16. The molecular weight excluding hydrogens is 478 g/mol. The summed E-state index contributed by atoms with van der Waals surface area (Å²) in [6.07, 6.45) is 11.4. The lowest BCUT2D eigenvalue weighted by Crippen LogP contribution is -2.44. The molecule has 1 atom stereocenters. The minimum atomic E-state index is 0.0450. The van der Waals surface area contributed by atoms with Crippen molar-refractivity contribution in [3.63, 3.8) is 0 Å². The summed E-state index contributed by atoms with van der Waals surface area (Å²) >= 11 is 0. The minimum absolute atomic E-state index is 0.0450. The SMILES string of the molecule is CCc1cnc(N2CCC(COc3ccc(C4=CCC(C(=O)N5CCOCC5)CC4)cc3C#N)CC2)nc1. The van der Waals surface area contributed by atoms with Crippen molar-refractivity contribution in [2.24, 2.45) is 11.8 Å². The summed E-state index contributed by atoms with van der Waals surface area (Å²) in [5.41, 5.74) is 3.98. The summed E-state index contributed by atoms with van der Waals surface area (Å²) in [5.74, 6) is 2.18. The lowest BCUT2D eigenvalue weighted by Gasteiger charge is -2.32. The Morgan fingerprint density at radius 2 is 1.89 bits per heavy atom. The zero-order chi connectivity index (χ0) is 26.3. The average Bonchev–Trinajstić information content (AvgIpc) is 3.00. The second-order valence-electron chi connectivity index (χ2n) is 10.4. The van der Waals surface area contributed by atoms with E-state index in [0.717, 1.165) is 68.7 Å². The molecule has 0 spiro atoms. The van der Waals surface area contributed by atoms with Crippen molar-refractivity contribution in [1.82, 2.24) is 14.9 Å². The van der Waals surface area contributed by atoms with Gasteiger partial charge < -0.3 is 19.3 Å². The molecule has 2 aromatic rings. The van der Waals surface area contributed by atoms with Crippen LogP contribution >= 0.6 is 0 Å². The molecule has 3 aliphatic rings. The van der Waals surface area contributed by atoms with Crippen LogP contribution in [0.3, 0.4) is 0 Å². The fourth-order valence-corrected chi connectivity index (χ4v) is 5.51. The lowest BCUT2D eigenvalue weighted by atomic mass is 9.85. The van der Waals surface area contributed by atoms with Crippen molar-refractivity contribution >= 4 is 17.4 Å². The summed E-state index contributed by atoms with van der Waals surface area (Å²) in [4.78, 5) is 26.0. The highest BCUT2D eigenvalue weighted by atomic mass is 16.5. The van der Waals surface area contributed by atoms with Crippen LogP contribution in [0, 0.1) is 23.2 Å². The molecule has 2 saturated heterocycles. The van der Waals surface area contributed by atoms with Gasteiger partial charge in [-0.1, -0.05) is 19.1 Å². The van der Waals surface area contributed by atoms with E-state index in [2.05, 4.69) is 33.9 Å². The van der Waals surface area contributed by atoms with E-state index < -0.39 is 0 Å². The highest BCUT2D eigenvalue weighted by Crippen LogP contribution is 2.33. The van der Waals surface area contributed by atoms with Gasteiger partial charge in [0, 0.05) is 44.5 Å². The summed E-state index contributed by atoms with van der Waals surface area (Å²) in [7, 11) is 0. The van der Waals surface area contributed by atoms with Gasteiger partial charge in [-0.3, -0.25) is 4.79 Å². The van der Waals surface area contributed by atoms with E-state index in [1.54, 1.807) is 0 Å². The van der Waals surface area contributed by atoms with Crippen molar-refractivity contribution in [3.8, 4) is 11.8 Å². The van der Waals surface area contributed by atoms with Gasteiger partial charge in [-0.05, 0) is 73.3 Å². The quantitative estimate of drug-likeness (QED) is 0.544. The maximum Gasteiger partial charge on any atom is 0.226 e. The number of piperidine rings is 1. The minimum Gasteiger partial charge on any atom is -0.492 e. The Morgan fingerprint density at radius 3 is 2.55 bits per heavy atom. The van der Waals surface area contributed by atoms with Gasteiger partial charge in [-0.25, -0.2) is 9.97 Å². The Kier molecular flexibility index (Phi) is 8.54. The van der Waals surface area contributed by atoms with Gasteiger partial charge in [0.25, 0.3) is 0 Å². The molecule has 38 heavy (non-hydrogen) atoms. The Morgan fingerprint density at radius 1 is 1.13 bits per heavy atom. The third-order valence-corrected chi connectivity index (χ3v) is 8.03. The first-order valence-corrected chi connectivity index (χ1v) is 13.9. The Bertz CT molecular complexity index is 1180. The molecule has 2 aliphatic heterocycles. The molecule has 3 heterocycles. The summed E-state index contributed by atoms with van der Waals surface area (Å²) in [6, 6.07) is 8.23. The second kappa shape index (κ2) is 12.4. The number of amides is 1. The molecule has 8 heteroatoms. The van der Waals surface area contributed by atoms with E-state index in [0.29, 0.717) is 50.1 Å². The molecule has 0 bridgehead atoms. The van der Waals surface area contributed by atoms with Crippen molar-refractivity contribution in [2.45, 2.75) is 45.4 Å². The summed E-state index contributed by atoms with van der Waals surface area (Å²) in [6.45, 7) is 7.18. The van der Waals surface area contributed by atoms with Gasteiger partial charge in [0.05, 0.1) is 25.4 Å². The van der Waals surface area contributed by atoms with Gasteiger partial charge in [0.1, 0.15) is 11.8 Å². The molecule has 1 unspecified atom stereocenters. The topological polar surface area (TPSA) is 91.6 Å². The number of carbonyl (C=O) groups is 1. The zero-order valence-electron chi connectivity index (χ0n) is 22.3. The van der Waals surface area contributed by atoms with Crippen molar-refractivity contribution in [2.75, 3.05) is 50.9 Å². The Labute approximate surface area is 225 Å². The van der Waals surface area contributed by atoms with Gasteiger partial charge >= 0.3 is 0 Å². The molecule has 0 saturated carbocycles. The molecule has 8 nitrogen and oxygen atoms in total. The van der Waals surface area contributed by atoms with Crippen molar-refractivity contribution < 1.29 is 14.3 Å². The van der Waals surface area contributed by atoms with E-state index in [-0.39, 0.29) is 11.8 Å². The highest BCUT2D eigenvalue weighted by molar-refractivity contribution is 5.81.